The van der Waals surface area contributed by atoms with Crippen molar-refractivity contribution < 1.29 is 14.5 Å². The number of benzene rings is 1. The molecule has 1 aromatic rings. The van der Waals surface area contributed by atoms with Crippen molar-refractivity contribution in [2.45, 2.75) is 44.8 Å². The van der Waals surface area contributed by atoms with Gasteiger partial charge in [-0.3, -0.25) is 0 Å². The zero-order valence-electron chi connectivity index (χ0n) is 14.8. The van der Waals surface area contributed by atoms with Crippen molar-refractivity contribution in [3.63, 3.8) is 0 Å². The van der Waals surface area contributed by atoms with Crippen molar-refractivity contribution >= 4 is 11.4 Å². The number of fused-ring (bicyclic) bond motifs is 1. The van der Waals surface area contributed by atoms with Crippen molar-refractivity contribution in [3.8, 4) is 0 Å². The molecule has 0 radical (unpaired) electrons. The summed E-state index contributed by atoms with van der Waals surface area (Å²) in [5.74, 6) is 0.386. The maximum Gasteiger partial charge on any atom is 0.105 e. The summed E-state index contributed by atoms with van der Waals surface area (Å²) < 4.78 is 5.29. The number of ether oxygens (including phenoxy) is 1. The fraction of sp³-hybridized carbons (Fsp3) is 0.684. The minimum absolute atomic E-state index is 0.139. The van der Waals surface area contributed by atoms with Crippen LogP contribution >= 0.6 is 0 Å². The Bertz CT molecular complexity index is 625. The molecule has 0 amide bonds. The minimum atomic E-state index is -0.139. The molecule has 1 aliphatic carbocycles. The molecule has 1 aromatic carbocycles. The molecule has 4 rings (SSSR count). The summed E-state index contributed by atoms with van der Waals surface area (Å²) in [6.45, 7) is 4.51. The fourth-order valence-corrected chi connectivity index (χ4v) is 4.76. The largest absolute Gasteiger partial charge is 0.632 e. The molecule has 138 valence electrons. The van der Waals surface area contributed by atoms with Gasteiger partial charge in [0.2, 0.25) is 0 Å². The molecule has 6 nitrogen and oxygen atoms in total. The lowest BCUT2D eigenvalue weighted by atomic mass is 9.85. The average Bonchev–Trinajstić information content (AvgIpc) is 2.98. The van der Waals surface area contributed by atoms with Crippen LogP contribution in [-0.2, 0) is 17.8 Å². The summed E-state index contributed by atoms with van der Waals surface area (Å²) in [5, 5.41) is 22.8. The number of nitrogen functional groups attached to an aromatic ring is 1. The molecule has 0 bridgehead atoms. The molecule has 1 saturated heterocycles. The molecule has 2 aliphatic heterocycles. The van der Waals surface area contributed by atoms with Gasteiger partial charge < -0.3 is 30.3 Å². The number of quaternary nitrogens is 1. The molecule has 3 aliphatic rings. The molecule has 0 spiro atoms. The molecule has 1 atom stereocenters. The third-order valence-electron chi connectivity index (χ3n) is 6.32. The number of hydrogen-bond donors (Lipinski definition) is 2. The normalized spacial score (nSPS) is 32.6. The Morgan fingerprint density at radius 1 is 1.12 bits per heavy atom. The Balaban J connectivity index is 1.52. The molecule has 1 unspecified atom stereocenters. The lowest BCUT2D eigenvalue weighted by Gasteiger charge is -2.48. The van der Waals surface area contributed by atoms with Gasteiger partial charge in [0.25, 0.3) is 0 Å². The smallest absolute Gasteiger partial charge is 0.105 e. The minimum Gasteiger partial charge on any atom is -0.632 e. The van der Waals surface area contributed by atoms with E-state index in [2.05, 4.69) is 11.0 Å². The number of hydrogen-bond acceptors (Lipinski definition) is 5. The molecule has 25 heavy (non-hydrogen) atoms. The highest BCUT2D eigenvalue weighted by Crippen LogP contribution is 2.41. The Hall–Kier alpha value is -1.34. The SMILES string of the molecule is Nc1cc2c(cc1N1CCOCC1)C[N+]([O-])(C1CCC(CO)CC1)C2. The Morgan fingerprint density at radius 2 is 1.76 bits per heavy atom. The van der Waals surface area contributed by atoms with Crippen LogP contribution in [0, 0.1) is 11.1 Å². The molecule has 3 N–H and O–H groups in total. The molecule has 0 aromatic heterocycles. The first-order valence-electron chi connectivity index (χ1n) is 9.51. The van der Waals surface area contributed by atoms with Gasteiger partial charge in [0.1, 0.15) is 13.1 Å². The highest BCUT2D eigenvalue weighted by molar-refractivity contribution is 5.70. The number of morpholine rings is 1. The summed E-state index contributed by atoms with van der Waals surface area (Å²) >= 11 is 0. The lowest BCUT2D eigenvalue weighted by molar-refractivity contribution is -0.926. The zero-order chi connectivity index (χ0) is 17.4. The number of aliphatic hydroxyl groups is 1. The van der Waals surface area contributed by atoms with Crippen LogP contribution in [0.1, 0.15) is 36.8 Å². The van der Waals surface area contributed by atoms with Gasteiger partial charge >= 0.3 is 0 Å². The van der Waals surface area contributed by atoms with Gasteiger partial charge in [-0.25, -0.2) is 0 Å². The van der Waals surface area contributed by atoms with Crippen LogP contribution in [0.4, 0.5) is 11.4 Å². The number of nitrogens with two attached hydrogens (primary N) is 1. The van der Waals surface area contributed by atoms with Crippen molar-refractivity contribution in [3.05, 3.63) is 28.5 Å². The maximum atomic E-state index is 13.5. The van der Waals surface area contributed by atoms with Crippen LogP contribution in [-0.4, -0.2) is 48.7 Å². The lowest BCUT2D eigenvalue weighted by Crippen LogP contribution is -2.48. The summed E-state index contributed by atoms with van der Waals surface area (Å²) in [6, 6.07) is 4.33. The van der Waals surface area contributed by atoms with E-state index >= 15 is 0 Å². The number of rotatable bonds is 3. The summed E-state index contributed by atoms with van der Waals surface area (Å²) in [6.07, 6.45) is 3.80. The first-order valence-corrected chi connectivity index (χ1v) is 9.51. The van der Waals surface area contributed by atoms with Crippen molar-refractivity contribution in [2.24, 2.45) is 5.92 Å². The summed E-state index contributed by atoms with van der Waals surface area (Å²) in [7, 11) is 0. The third kappa shape index (κ3) is 3.24. The highest BCUT2D eigenvalue weighted by Gasteiger charge is 2.38. The number of hydroxylamine groups is 3. The number of nitrogens with zero attached hydrogens (tertiary/aromatic N) is 2. The van der Waals surface area contributed by atoms with Gasteiger partial charge in [-0.2, -0.15) is 0 Å². The van der Waals surface area contributed by atoms with E-state index in [0.29, 0.717) is 19.0 Å². The van der Waals surface area contributed by atoms with Crippen LogP contribution in [0.5, 0.6) is 0 Å². The number of anilines is 2. The zero-order valence-corrected chi connectivity index (χ0v) is 14.8. The van der Waals surface area contributed by atoms with Gasteiger partial charge in [0.05, 0.1) is 30.6 Å². The van der Waals surface area contributed by atoms with E-state index in [9.17, 15) is 10.3 Å². The standard InChI is InChI=1S/C19H29N3O3/c20-18-9-15-11-22(24,17-3-1-14(13-23)2-4-17)12-16(15)10-19(18)21-5-7-25-8-6-21/h9-10,14,17,23H,1-8,11-13,20H2. The molecule has 2 heterocycles. The average molecular weight is 347 g/mol. The van der Waals surface area contributed by atoms with Crippen LogP contribution in [0.25, 0.3) is 0 Å². The van der Waals surface area contributed by atoms with E-state index < -0.39 is 0 Å². The van der Waals surface area contributed by atoms with Gasteiger partial charge in [-0.15, -0.1) is 0 Å². The molecular weight excluding hydrogens is 318 g/mol. The van der Waals surface area contributed by atoms with Gasteiger partial charge in [0.15, 0.2) is 0 Å². The monoisotopic (exact) mass is 347 g/mol. The second-order valence-electron chi connectivity index (χ2n) is 7.90. The Kier molecular flexibility index (Phi) is 4.62. The quantitative estimate of drug-likeness (QED) is 0.496. The van der Waals surface area contributed by atoms with Crippen LogP contribution in [0.15, 0.2) is 12.1 Å². The predicted octanol–water partition coefficient (Wildman–Crippen LogP) is 1.98. The van der Waals surface area contributed by atoms with Crippen molar-refractivity contribution in [1.29, 1.82) is 0 Å². The van der Waals surface area contributed by atoms with Gasteiger partial charge in [-0.1, -0.05) is 0 Å². The van der Waals surface area contributed by atoms with Crippen LogP contribution < -0.4 is 10.6 Å². The molecule has 1 saturated carbocycles. The summed E-state index contributed by atoms with van der Waals surface area (Å²) in [5.41, 5.74) is 10.4. The van der Waals surface area contributed by atoms with Crippen molar-refractivity contribution in [1.82, 2.24) is 0 Å². The van der Waals surface area contributed by atoms with E-state index in [1.165, 1.54) is 0 Å². The van der Waals surface area contributed by atoms with E-state index in [0.717, 1.165) is 74.5 Å². The van der Waals surface area contributed by atoms with E-state index in [1.54, 1.807) is 0 Å². The van der Waals surface area contributed by atoms with Gasteiger partial charge in [-0.05, 0) is 30.9 Å². The first-order chi connectivity index (χ1) is 12.1. The topological polar surface area (TPSA) is 81.8 Å². The molecule has 6 heteroatoms. The van der Waals surface area contributed by atoms with E-state index in [1.807, 2.05) is 6.07 Å². The predicted molar refractivity (Wildman–Crippen MR) is 97.8 cm³/mol. The molecule has 2 fully saturated rings. The highest BCUT2D eigenvalue weighted by atomic mass is 16.5. The second kappa shape index (κ2) is 6.76. The Labute approximate surface area is 149 Å². The summed E-state index contributed by atoms with van der Waals surface area (Å²) in [4.78, 5) is 2.27. The maximum absolute atomic E-state index is 13.5. The van der Waals surface area contributed by atoms with E-state index in [4.69, 9.17) is 10.5 Å². The second-order valence-corrected chi connectivity index (χ2v) is 7.90. The van der Waals surface area contributed by atoms with Crippen molar-refractivity contribution in [2.75, 3.05) is 43.5 Å². The fourth-order valence-electron chi connectivity index (χ4n) is 4.76. The van der Waals surface area contributed by atoms with Gasteiger partial charge in [0, 0.05) is 43.7 Å². The van der Waals surface area contributed by atoms with Crippen LogP contribution in [0.2, 0.25) is 0 Å². The third-order valence-corrected chi connectivity index (χ3v) is 6.32. The number of aliphatic hydroxyl groups excluding tert-OH is 1. The van der Waals surface area contributed by atoms with E-state index in [-0.39, 0.29) is 17.3 Å². The van der Waals surface area contributed by atoms with Crippen LogP contribution in [0.3, 0.4) is 0 Å². The first kappa shape index (κ1) is 17.1. The Morgan fingerprint density at radius 3 is 2.40 bits per heavy atom. The molecular formula is C19H29N3O3.